The van der Waals surface area contributed by atoms with Crippen molar-refractivity contribution >= 4 is 28.5 Å². The van der Waals surface area contributed by atoms with Crippen molar-refractivity contribution in [2.45, 2.75) is 19.9 Å². The van der Waals surface area contributed by atoms with E-state index in [9.17, 15) is 4.79 Å². The van der Waals surface area contributed by atoms with Gasteiger partial charge in [0.25, 0.3) is 0 Å². The van der Waals surface area contributed by atoms with Gasteiger partial charge in [-0.25, -0.2) is 0 Å². The van der Waals surface area contributed by atoms with Crippen LogP contribution in [0.3, 0.4) is 0 Å². The van der Waals surface area contributed by atoms with E-state index in [0.717, 1.165) is 19.5 Å². The molecule has 0 bridgehead atoms. The van der Waals surface area contributed by atoms with Gasteiger partial charge in [0, 0.05) is 16.7 Å². The summed E-state index contributed by atoms with van der Waals surface area (Å²) in [6.45, 7) is 4.06. The Bertz CT molecular complexity index is 351. The molecule has 0 aliphatic rings. The van der Waals surface area contributed by atoms with Gasteiger partial charge in [-0.05, 0) is 53.8 Å². The molecule has 0 unspecified atom stereocenters. The van der Waals surface area contributed by atoms with Gasteiger partial charge in [-0.3, -0.25) is 9.69 Å². The highest BCUT2D eigenvalue weighted by atomic mass is 127. The molecule has 1 aromatic rings. The predicted molar refractivity (Wildman–Crippen MR) is 78.8 cm³/mol. The standard InChI is InChI=1S/C13H19IN2O/c1-3-8-15-13(17)10-16(2)9-11-4-6-12(14)7-5-11/h4-7H,3,8-10H2,1-2H3,(H,15,17). The van der Waals surface area contributed by atoms with E-state index in [2.05, 4.69) is 59.1 Å². The Kier molecular flexibility index (Phi) is 6.50. The minimum Gasteiger partial charge on any atom is -0.355 e. The Morgan fingerprint density at radius 2 is 2.00 bits per heavy atom. The van der Waals surface area contributed by atoms with E-state index in [4.69, 9.17) is 0 Å². The van der Waals surface area contributed by atoms with Gasteiger partial charge >= 0.3 is 0 Å². The molecule has 94 valence electrons. The lowest BCUT2D eigenvalue weighted by atomic mass is 10.2. The predicted octanol–water partition coefficient (Wildman–Crippen LogP) is 2.25. The number of amides is 1. The van der Waals surface area contributed by atoms with Crippen molar-refractivity contribution in [2.75, 3.05) is 20.1 Å². The van der Waals surface area contributed by atoms with Crippen LogP contribution in [0.5, 0.6) is 0 Å². The van der Waals surface area contributed by atoms with Crippen LogP contribution in [0.1, 0.15) is 18.9 Å². The molecule has 0 radical (unpaired) electrons. The van der Waals surface area contributed by atoms with Crippen LogP contribution in [0.25, 0.3) is 0 Å². The van der Waals surface area contributed by atoms with Crippen molar-refractivity contribution in [2.24, 2.45) is 0 Å². The van der Waals surface area contributed by atoms with Gasteiger partial charge in [0.1, 0.15) is 0 Å². The van der Waals surface area contributed by atoms with Gasteiger partial charge in [-0.2, -0.15) is 0 Å². The third-order valence-corrected chi connectivity index (χ3v) is 3.07. The van der Waals surface area contributed by atoms with E-state index in [1.165, 1.54) is 9.13 Å². The molecule has 1 N–H and O–H groups in total. The number of likely N-dealkylation sites (N-methyl/N-ethyl adjacent to an activating group) is 1. The van der Waals surface area contributed by atoms with E-state index in [1.807, 2.05) is 11.9 Å². The Morgan fingerprint density at radius 1 is 1.35 bits per heavy atom. The SMILES string of the molecule is CCCNC(=O)CN(C)Cc1ccc(I)cc1. The maximum atomic E-state index is 11.5. The number of hydrogen-bond acceptors (Lipinski definition) is 2. The molecule has 0 saturated carbocycles. The number of carbonyl (C=O) groups is 1. The van der Waals surface area contributed by atoms with Crippen LogP contribution in [0, 0.1) is 3.57 Å². The van der Waals surface area contributed by atoms with Gasteiger partial charge in [0.05, 0.1) is 6.54 Å². The highest BCUT2D eigenvalue weighted by molar-refractivity contribution is 14.1. The number of benzene rings is 1. The molecule has 1 amide bonds. The summed E-state index contributed by atoms with van der Waals surface area (Å²) in [5, 5.41) is 2.88. The smallest absolute Gasteiger partial charge is 0.234 e. The zero-order valence-electron chi connectivity index (χ0n) is 10.4. The van der Waals surface area contributed by atoms with Crippen molar-refractivity contribution in [3.8, 4) is 0 Å². The lowest BCUT2D eigenvalue weighted by Gasteiger charge is -2.16. The second kappa shape index (κ2) is 7.66. The van der Waals surface area contributed by atoms with Gasteiger partial charge in [0.2, 0.25) is 5.91 Å². The van der Waals surface area contributed by atoms with Crippen molar-refractivity contribution in [3.63, 3.8) is 0 Å². The first-order valence-corrected chi connectivity index (χ1v) is 6.89. The molecule has 0 aliphatic heterocycles. The molecule has 0 heterocycles. The zero-order valence-corrected chi connectivity index (χ0v) is 12.5. The van der Waals surface area contributed by atoms with Crippen molar-refractivity contribution in [1.29, 1.82) is 0 Å². The van der Waals surface area contributed by atoms with E-state index >= 15 is 0 Å². The van der Waals surface area contributed by atoms with Crippen LogP contribution in [0.4, 0.5) is 0 Å². The average Bonchev–Trinajstić information content (AvgIpc) is 2.29. The number of hydrogen-bond donors (Lipinski definition) is 1. The molecule has 3 nitrogen and oxygen atoms in total. The Morgan fingerprint density at radius 3 is 2.59 bits per heavy atom. The molecular weight excluding hydrogens is 327 g/mol. The summed E-state index contributed by atoms with van der Waals surface area (Å²) in [7, 11) is 1.96. The van der Waals surface area contributed by atoms with Crippen LogP contribution >= 0.6 is 22.6 Å². The quantitative estimate of drug-likeness (QED) is 0.802. The summed E-state index contributed by atoms with van der Waals surface area (Å²) in [6.07, 6.45) is 0.979. The largest absolute Gasteiger partial charge is 0.355 e. The molecule has 1 aromatic carbocycles. The minimum absolute atomic E-state index is 0.0971. The fraction of sp³-hybridized carbons (Fsp3) is 0.462. The van der Waals surface area contributed by atoms with E-state index in [0.29, 0.717) is 6.54 Å². The van der Waals surface area contributed by atoms with Gasteiger partial charge in [0.15, 0.2) is 0 Å². The lowest BCUT2D eigenvalue weighted by molar-refractivity contribution is -0.122. The summed E-state index contributed by atoms with van der Waals surface area (Å²) < 4.78 is 1.23. The Hall–Kier alpha value is -0.620. The van der Waals surface area contributed by atoms with Crippen LogP contribution in [0.15, 0.2) is 24.3 Å². The number of carbonyl (C=O) groups excluding carboxylic acids is 1. The fourth-order valence-electron chi connectivity index (χ4n) is 1.52. The Balaban J connectivity index is 2.36. The highest BCUT2D eigenvalue weighted by Gasteiger charge is 2.06. The first-order chi connectivity index (χ1) is 8.11. The number of rotatable bonds is 6. The summed E-state index contributed by atoms with van der Waals surface area (Å²) in [5.41, 5.74) is 1.23. The molecule has 0 atom stereocenters. The average molecular weight is 346 g/mol. The third kappa shape index (κ3) is 6.02. The minimum atomic E-state index is 0.0971. The van der Waals surface area contributed by atoms with E-state index in [-0.39, 0.29) is 5.91 Å². The molecule has 0 saturated heterocycles. The first kappa shape index (κ1) is 14.4. The van der Waals surface area contributed by atoms with Crippen LogP contribution in [-0.2, 0) is 11.3 Å². The van der Waals surface area contributed by atoms with Gasteiger partial charge < -0.3 is 5.32 Å². The van der Waals surface area contributed by atoms with Crippen LogP contribution < -0.4 is 5.32 Å². The molecule has 1 rings (SSSR count). The molecule has 0 aliphatic carbocycles. The molecule has 0 spiro atoms. The Labute approximate surface area is 117 Å². The first-order valence-electron chi connectivity index (χ1n) is 5.81. The van der Waals surface area contributed by atoms with E-state index < -0.39 is 0 Å². The van der Waals surface area contributed by atoms with Crippen molar-refractivity contribution < 1.29 is 4.79 Å². The van der Waals surface area contributed by atoms with E-state index in [1.54, 1.807) is 0 Å². The zero-order chi connectivity index (χ0) is 12.7. The third-order valence-electron chi connectivity index (χ3n) is 2.35. The molecule has 17 heavy (non-hydrogen) atoms. The van der Waals surface area contributed by atoms with Crippen LogP contribution in [0.2, 0.25) is 0 Å². The van der Waals surface area contributed by atoms with Gasteiger partial charge in [-0.1, -0.05) is 19.1 Å². The summed E-state index contributed by atoms with van der Waals surface area (Å²) in [4.78, 5) is 13.5. The monoisotopic (exact) mass is 346 g/mol. The van der Waals surface area contributed by atoms with Crippen molar-refractivity contribution in [1.82, 2.24) is 10.2 Å². The van der Waals surface area contributed by atoms with Crippen LogP contribution in [-0.4, -0.2) is 30.9 Å². The number of nitrogens with one attached hydrogen (secondary N) is 1. The number of nitrogens with zero attached hydrogens (tertiary/aromatic N) is 1. The maximum absolute atomic E-state index is 11.5. The summed E-state index contributed by atoms with van der Waals surface area (Å²) >= 11 is 2.29. The second-order valence-electron chi connectivity index (χ2n) is 4.15. The fourth-order valence-corrected chi connectivity index (χ4v) is 1.88. The number of halogens is 1. The highest BCUT2D eigenvalue weighted by Crippen LogP contribution is 2.08. The van der Waals surface area contributed by atoms with Gasteiger partial charge in [-0.15, -0.1) is 0 Å². The lowest BCUT2D eigenvalue weighted by Crippen LogP contribution is -2.35. The normalized spacial score (nSPS) is 10.6. The second-order valence-corrected chi connectivity index (χ2v) is 5.39. The molecular formula is C13H19IN2O. The molecule has 0 aromatic heterocycles. The maximum Gasteiger partial charge on any atom is 0.234 e. The topological polar surface area (TPSA) is 32.3 Å². The summed E-state index contributed by atoms with van der Waals surface area (Å²) in [5.74, 6) is 0.0971. The summed E-state index contributed by atoms with van der Waals surface area (Å²) in [6, 6.07) is 8.37. The molecule has 4 heteroatoms. The van der Waals surface area contributed by atoms with Crippen molar-refractivity contribution in [3.05, 3.63) is 33.4 Å². The molecule has 0 fully saturated rings.